The molecule has 144 valence electrons. The summed E-state index contributed by atoms with van der Waals surface area (Å²) in [5.41, 5.74) is 1.14. The SMILES string of the molecule is CCC(C)NC(=O)C(=O)c1cn(CC(=O)N2CCCCC2)c2ccccc12. The largest absolute Gasteiger partial charge is 0.347 e. The van der Waals surface area contributed by atoms with Gasteiger partial charge in [-0.25, -0.2) is 0 Å². The molecule has 0 saturated carbocycles. The molecular formula is C21H27N3O3. The maximum Gasteiger partial charge on any atom is 0.292 e. The Morgan fingerprint density at radius 1 is 1.11 bits per heavy atom. The minimum atomic E-state index is -0.602. The van der Waals surface area contributed by atoms with Gasteiger partial charge in [0.2, 0.25) is 5.91 Å². The lowest BCUT2D eigenvalue weighted by Gasteiger charge is -2.27. The Labute approximate surface area is 159 Å². The van der Waals surface area contributed by atoms with E-state index in [4.69, 9.17) is 0 Å². The predicted octanol–water partition coefficient (Wildman–Crippen LogP) is 2.75. The van der Waals surface area contributed by atoms with Crippen LogP contribution in [0.15, 0.2) is 30.5 Å². The summed E-state index contributed by atoms with van der Waals surface area (Å²) in [5.74, 6) is -1.11. The number of nitrogens with one attached hydrogen (secondary N) is 1. The first-order chi connectivity index (χ1) is 13.0. The predicted molar refractivity (Wildman–Crippen MR) is 105 cm³/mol. The fourth-order valence-corrected chi connectivity index (χ4v) is 3.46. The molecule has 1 saturated heterocycles. The van der Waals surface area contributed by atoms with Gasteiger partial charge < -0.3 is 14.8 Å². The normalized spacial score (nSPS) is 15.6. The minimum Gasteiger partial charge on any atom is -0.347 e. The Morgan fingerprint density at radius 2 is 1.81 bits per heavy atom. The lowest BCUT2D eigenvalue weighted by Crippen LogP contribution is -2.38. The second-order valence-electron chi connectivity index (χ2n) is 7.24. The van der Waals surface area contributed by atoms with Crippen molar-refractivity contribution in [2.45, 2.75) is 52.1 Å². The highest BCUT2D eigenvalue weighted by Crippen LogP contribution is 2.22. The molecule has 6 heteroatoms. The van der Waals surface area contributed by atoms with Crippen molar-refractivity contribution >= 4 is 28.5 Å². The van der Waals surface area contributed by atoms with Crippen LogP contribution >= 0.6 is 0 Å². The summed E-state index contributed by atoms with van der Waals surface area (Å²) >= 11 is 0. The maximum atomic E-state index is 12.7. The van der Waals surface area contributed by atoms with E-state index in [0.29, 0.717) is 10.9 Å². The topological polar surface area (TPSA) is 71.4 Å². The van der Waals surface area contributed by atoms with Gasteiger partial charge in [-0.15, -0.1) is 0 Å². The molecule has 0 aliphatic carbocycles. The van der Waals surface area contributed by atoms with Crippen molar-refractivity contribution in [2.75, 3.05) is 13.1 Å². The van der Waals surface area contributed by atoms with Gasteiger partial charge in [0.1, 0.15) is 6.54 Å². The third-order valence-electron chi connectivity index (χ3n) is 5.24. The van der Waals surface area contributed by atoms with Crippen LogP contribution < -0.4 is 5.32 Å². The van der Waals surface area contributed by atoms with Crippen molar-refractivity contribution in [3.05, 3.63) is 36.0 Å². The van der Waals surface area contributed by atoms with Crippen LogP contribution in [0.1, 0.15) is 49.9 Å². The van der Waals surface area contributed by atoms with Gasteiger partial charge in [0.05, 0.1) is 5.56 Å². The number of hydrogen-bond donors (Lipinski definition) is 1. The second-order valence-corrected chi connectivity index (χ2v) is 7.24. The highest BCUT2D eigenvalue weighted by atomic mass is 16.2. The maximum absolute atomic E-state index is 12.7. The molecule has 0 spiro atoms. The van der Waals surface area contributed by atoms with Crippen molar-refractivity contribution in [1.29, 1.82) is 0 Å². The number of fused-ring (bicyclic) bond motifs is 1. The molecule has 2 aromatic rings. The number of carbonyl (C=O) groups excluding carboxylic acids is 3. The number of Topliss-reactive ketones (excluding diaryl/α,β-unsaturated/α-hetero) is 1. The monoisotopic (exact) mass is 369 g/mol. The number of aromatic nitrogens is 1. The number of likely N-dealkylation sites (tertiary alicyclic amines) is 1. The van der Waals surface area contributed by atoms with Crippen LogP contribution in [0.25, 0.3) is 10.9 Å². The number of ketones is 1. The Hall–Kier alpha value is -2.63. The van der Waals surface area contributed by atoms with Crippen LogP contribution in [0, 0.1) is 0 Å². The number of para-hydroxylation sites is 1. The molecule has 1 aromatic heterocycles. The third-order valence-corrected chi connectivity index (χ3v) is 5.24. The lowest BCUT2D eigenvalue weighted by atomic mass is 10.1. The molecule has 3 rings (SSSR count). The first kappa shape index (κ1) is 19.1. The van der Waals surface area contributed by atoms with Crippen molar-refractivity contribution in [3.8, 4) is 0 Å². The summed E-state index contributed by atoms with van der Waals surface area (Å²) < 4.78 is 1.79. The smallest absolute Gasteiger partial charge is 0.292 e. The molecule has 1 N–H and O–H groups in total. The van der Waals surface area contributed by atoms with Crippen LogP contribution in [0.2, 0.25) is 0 Å². The van der Waals surface area contributed by atoms with E-state index in [0.717, 1.165) is 37.9 Å². The van der Waals surface area contributed by atoms with E-state index in [2.05, 4.69) is 5.32 Å². The van der Waals surface area contributed by atoms with Crippen molar-refractivity contribution in [1.82, 2.24) is 14.8 Å². The molecule has 1 aliphatic rings. The van der Waals surface area contributed by atoms with Gasteiger partial charge in [-0.1, -0.05) is 25.1 Å². The average Bonchev–Trinajstić information content (AvgIpc) is 3.06. The Bertz CT molecular complexity index is 849. The summed E-state index contributed by atoms with van der Waals surface area (Å²) in [4.78, 5) is 39.5. The quantitative estimate of drug-likeness (QED) is 0.629. The van der Waals surface area contributed by atoms with Crippen LogP contribution in [-0.4, -0.2) is 46.2 Å². The standard InChI is InChI=1S/C21H27N3O3/c1-3-15(2)22-21(27)20(26)17-13-24(18-10-6-5-9-16(17)18)14-19(25)23-11-7-4-8-12-23/h5-6,9-10,13,15H,3-4,7-8,11-12,14H2,1-2H3,(H,22,27). The molecule has 0 bridgehead atoms. The first-order valence-corrected chi connectivity index (χ1v) is 9.72. The van der Waals surface area contributed by atoms with Crippen molar-refractivity contribution in [2.24, 2.45) is 0 Å². The Morgan fingerprint density at radius 3 is 2.52 bits per heavy atom. The summed E-state index contributed by atoms with van der Waals surface area (Å²) in [6.07, 6.45) is 5.64. The van der Waals surface area contributed by atoms with Crippen LogP contribution in [-0.2, 0) is 16.1 Å². The number of benzene rings is 1. The zero-order valence-electron chi connectivity index (χ0n) is 16.0. The minimum absolute atomic E-state index is 0.0542. The third kappa shape index (κ3) is 4.21. The fourth-order valence-electron chi connectivity index (χ4n) is 3.46. The van der Waals surface area contributed by atoms with Crippen LogP contribution in [0.3, 0.4) is 0 Å². The van der Waals surface area contributed by atoms with Gasteiger partial charge >= 0.3 is 0 Å². The van der Waals surface area contributed by atoms with Crippen molar-refractivity contribution in [3.63, 3.8) is 0 Å². The molecule has 2 amide bonds. The van der Waals surface area contributed by atoms with Gasteiger partial charge in [-0.05, 0) is 38.7 Å². The second kappa shape index (κ2) is 8.37. The zero-order chi connectivity index (χ0) is 19.4. The van der Waals surface area contributed by atoms with E-state index in [1.165, 1.54) is 6.42 Å². The molecular weight excluding hydrogens is 342 g/mol. The van der Waals surface area contributed by atoms with E-state index in [-0.39, 0.29) is 18.5 Å². The average molecular weight is 369 g/mol. The molecule has 1 aliphatic heterocycles. The zero-order valence-corrected chi connectivity index (χ0v) is 16.0. The molecule has 2 heterocycles. The highest BCUT2D eigenvalue weighted by molar-refractivity contribution is 6.45. The van der Waals surface area contributed by atoms with E-state index in [9.17, 15) is 14.4 Å². The van der Waals surface area contributed by atoms with Gasteiger partial charge in [0.25, 0.3) is 11.7 Å². The molecule has 1 aromatic carbocycles. The number of hydrogen-bond acceptors (Lipinski definition) is 3. The molecule has 6 nitrogen and oxygen atoms in total. The Balaban J connectivity index is 1.86. The molecule has 1 unspecified atom stereocenters. The molecule has 0 radical (unpaired) electrons. The number of nitrogens with zero attached hydrogens (tertiary/aromatic N) is 2. The summed E-state index contributed by atoms with van der Waals surface area (Å²) in [6.45, 7) is 5.59. The molecule has 1 atom stereocenters. The van der Waals surface area contributed by atoms with Gasteiger partial charge in [0, 0.05) is 36.2 Å². The summed E-state index contributed by atoms with van der Waals surface area (Å²) in [5, 5.41) is 3.42. The van der Waals surface area contributed by atoms with Crippen LogP contribution in [0.5, 0.6) is 0 Å². The van der Waals surface area contributed by atoms with E-state index < -0.39 is 11.7 Å². The van der Waals surface area contributed by atoms with Gasteiger partial charge in [-0.3, -0.25) is 14.4 Å². The van der Waals surface area contributed by atoms with E-state index in [1.54, 1.807) is 10.8 Å². The van der Waals surface area contributed by atoms with Crippen LogP contribution in [0.4, 0.5) is 0 Å². The van der Waals surface area contributed by atoms with E-state index >= 15 is 0 Å². The molecule has 27 heavy (non-hydrogen) atoms. The Kier molecular flexibility index (Phi) is 5.94. The number of amides is 2. The number of rotatable bonds is 6. The van der Waals surface area contributed by atoms with Gasteiger partial charge in [-0.2, -0.15) is 0 Å². The lowest BCUT2D eigenvalue weighted by molar-refractivity contribution is -0.132. The summed E-state index contributed by atoms with van der Waals surface area (Å²) in [6, 6.07) is 7.35. The van der Waals surface area contributed by atoms with Gasteiger partial charge in [0.15, 0.2) is 0 Å². The van der Waals surface area contributed by atoms with Crippen molar-refractivity contribution < 1.29 is 14.4 Å². The van der Waals surface area contributed by atoms with E-state index in [1.807, 2.05) is 43.0 Å². The number of carbonyl (C=O) groups is 3. The highest BCUT2D eigenvalue weighted by Gasteiger charge is 2.24. The number of piperidine rings is 1. The summed E-state index contributed by atoms with van der Waals surface area (Å²) in [7, 11) is 0. The fraction of sp³-hybridized carbons (Fsp3) is 0.476. The first-order valence-electron chi connectivity index (χ1n) is 9.72. The molecule has 1 fully saturated rings.